The average Bonchev–Trinajstić information content (AvgIpc) is 3.48. The molecule has 0 aromatic heterocycles. The van der Waals surface area contributed by atoms with Crippen molar-refractivity contribution in [3.05, 3.63) is 41.5 Å². The van der Waals surface area contributed by atoms with Gasteiger partial charge in [-0.15, -0.1) is 0 Å². The summed E-state index contributed by atoms with van der Waals surface area (Å²) in [4.78, 5) is 12.9. The van der Waals surface area contributed by atoms with Crippen LogP contribution in [0.4, 0.5) is 0 Å². The predicted octanol–water partition coefficient (Wildman–Crippen LogP) is 13.7. The first kappa shape index (κ1) is 38.9. The van der Waals surface area contributed by atoms with Gasteiger partial charge in [-0.1, -0.05) is 97.4 Å². The number of fused-ring (bicyclic) bond motifs is 5. The second-order valence-electron chi connectivity index (χ2n) is 19.4. The van der Waals surface area contributed by atoms with Gasteiger partial charge in [-0.25, -0.2) is 0 Å². The third kappa shape index (κ3) is 9.13. The van der Waals surface area contributed by atoms with E-state index in [1.165, 1.54) is 102 Å². The first-order valence-corrected chi connectivity index (χ1v) is 22.2. The number of esters is 1. The van der Waals surface area contributed by atoms with E-state index in [4.69, 9.17) is 9.47 Å². The molecular weight excluding hydrogens is 625 g/mol. The van der Waals surface area contributed by atoms with Gasteiger partial charge in [0.2, 0.25) is 0 Å². The number of unbranched alkanes of at least 4 members (excludes halogenated alkanes) is 2. The van der Waals surface area contributed by atoms with Crippen LogP contribution in [-0.2, 0) is 9.53 Å². The van der Waals surface area contributed by atoms with Gasteiger partial charge in [-0.3, -0.25) is 4.79 Å². The highest BCUT2D eigenvalue weighted by molar-refractivity contribution is 5.69. The van der Waals surface area contributed by atoms with Gasteiger partial charge < -0.3 is 9.47 Å². The monoisotopic (exact) mass is 701 g/mol. The van der Waals surface area contributed by atoms with Crippen molar-refractivity contribution in [1.29, 1.82) is 0 Å². The molecule has 1 aromatic rings. The second kappa shape index (κ2) is 17.6. The highest BCUT2D eigenvalue weighted by atomic mass is 16.5. The van der Waals surface area contributed by atoms with Crippen LogP contribution >= 0.6 is 0 Å². The molecule has 0 N–H and O–H groups in total. The Morgan fingerprint density at radius 2 is 1.63 bits per heavy atom. The molecular formula is C48H76O3. The molecule has 3 nitrogen and oxygen atoms in total. The van der Waals surface area contributed by atoms with Gasteiger partial charge in [-0.2, -0.15) is 0 Å². The number of carbonyl (C=O) groups is 1. The summed E-state index contributed by atoms with van der Waals surface area (Å²) in [5, 5.41) is 0. The maximum absolute atomic E-state index is 12.9. The van der Waals surface area contributed by atoms with Crippen molar-refractivity contribution in [1.82, 2.24) is 0 Å². The van der Waals surface area contributed by atoms with E-state index < -0.39 is 0 Å². The zero-order valence-corrected chi connectivity index (χ0v) is 33.9. The Bertz CT molecular complexity index is 1270. The lowest BCUT2D eigenvalue weighted by Gasteiger charge is -2.58. The third-order valence-electron chi connectivity index (χ3n) is 15.7. The maximum Gasteiger partial charge on any atom is 0.306 e. The highest BCUT2D eigenvalue weighted by Gasteiger charge is 2.59. The fraction of sp³-hybridized carbons (Fsp3) is 0.812. The molecule has 0 radical (unpaired) electrons. The Labute approximate surface area is 313 Å². The second-order valence-corrected chi connectivity index (χ2v) is 19.4. The van der Waals surface area contributed by atoms with Gasteiger partial charge >= 0.3 is 5.97 Å². The summed E-state index contributed by atoms with van der Waals surface area (Å²) >= 11 is 0. The molecule has 5 aliphatic carbocycles. The number of ether oxygens (including phenoxy) is 2. The molecule has 6 rings (SSSR count). The molecule has 0 amide bonds. The van der Waals surface area contributed by atoms with Gasteiger partial charge in [0.05, 0.1) is 6.61 Å². The standard InChI is InChI=1S/C48H76O3/c1-7-12-36-16-18-37(19-17-36)38-20-23-40(24-21-38)50-32-10-8-9-15-46(49)51-41-28-30-47(5)39(33-41)22-25-42-44-27-26-43(35(4)14-11-13-34(2)3)48(44,6)31-29-45(42)47/h20-24,34-37,41-45H,7-19,25-33H2,1-6H3/t35-,36?,37?,41?,42+,43-,44+,45+,47+,48-/m1/s1. The third-order valence-corrected chi connectivity index (χ3v) is 15.7. The Balaban J connectivity index is 0.888. The topological polar surface area (TPSA) is 35.5 Å². The molecule has 0 spiro atoms. The summed E-state index contributed by atoms with van der Waals surface area (Å²) in [7, 11) is 0. The molecule has 8 atom stereocenters. The summed E-state index contributed by atoms with van der Waals surface area (Å²) in [5.74, 6) is 7.84. The van der Waals surface area contributed by atoms with Crippen LogP contribution < -0.4 is 4.74 Å². The minimum absolute atomic E-state index is 0.00562. The lowest BCUT2D eigenvalue weighted by Crippen LogP contribution is -2.51. The Kier molecular flexibility index (Phi) is 13.4. The number of benzene rings is 1. The molecule has 0 aliphatic heterocycles. The van der Waals surface area contributed by atoms with Crippen LogP contribution in [0.1, 0.15) is 188 Å². The van der Waals surface area contributed by atoms with Gasteiger partial charge in [-0.05, 0) is 166 Å². The van der Waals surface area contributed by atoms with Crippen molar-refractivity contribution in [3.63, 3.8) is 0 Å². The normalized spacial score (nSPS) is 35.4. The minimum Gasteiger partial charge on any atom is -0.494 e. The van der Waals surface area contributed by atoms with Crippen molar-refractivity contribution in [2.24, 2.45) is 52.3 Å². The molecule has 0 heterocycles. The molecule has 4 fully saturated rings. The van der Waals surface area contributed by atoms with E-state index >= 15 is 0 Å². The van der Waals surface area contributed by atoms with Gasteiger partial charge in [0, 0.05) is 12.8 Å². The van der Waals surface area contributed by atoms with Crippen molar-refractivity contribution < 1.29 is 14.3 Å². The van der Waals surface area contributed by atoms with E-state index in [0.29, 0.717) is 23.9 Å². The number of hydrogen-bond donors (Lipinski definition) is 0. The Morgan fingerprint density at radius 3 is 2.37 bits per heavy atom. The Hall–Kier alpha value is -1.77. The van der Waals surface area contributed by atoms with Crippen LogP contribution in [-0.4, -0.2) is 18.7 Å². The molecule has 1 aromatic carbocycles. The number of rotatable bonds is 16. The average molecular weight is 701 g/mol. The van der Waals surface area contributed by atoms with Crippen molar-refractivity contribution in [2.75, 3.05) is 6.61 Å². The summed E-state index contributed by atoms with van der Waals surface area (Å²) < 4.78 is 12.2. The van der Waals surface area contributed by atoms with E-state index in [-0.39, 0.29) is 12.1 Å². The largest absolute Gasteiger partial charge is 0.494 e. The first-order valence-electron chi connectivity index (χ1n) is 22.2. The zero-order chi connectivity index (χ0) is 36.0. The molecule has 0 bridgehead atoms. The van der Waals surface area contributed by atoms with Gasteiger partial charge in [0.15, 0.2) is 0 Å². The minimum atomic E-state index is 0.00562. The molecule has 0 saturated heterocycles. The zero-order valence-electron chi connectivity index (χ0n) is 33.9. The van der Waals surface area contributed by atoms with Crippen LogP contribution in [0.5, 0.6) is 5.75 Å². The Morgan fingerprint density at radius 1 is 0.843 bits per heavy atom. The maximum atomic E-state index is 12.9. The summed E-state index contributed by atoms with van der Waals surface area (Å²) in [5.41, 5.74) is 3.95. The molecule has 286 valence electrons. The lowest BCUT2D eigenvalue weighted by molar-refractivity contribution is -0.151. The van der Waals surface area contributed by atoms with E-state index in [9.17, 15) is 4.79 Å². The van der Waals surface area contributed by atoms with Crippen LogP contribution in [0.15, 0.2) is 35.9 Å². The molecule has 3 heteroatoms. The quantitative estimate of drug-likeness (QED) is 0.0978. The fourth-order valence-corrected chi connectivity index (χ4v) is 12.8. The van der Waals surface area contributed by atoms with Crippen molar-refractivity contribution >= 4 is 5.97 Å². The molecule has 1 unspecified atom stereocenters. The number of allylic oxidation sites excluding steroid dienone is 1. The van der Waals surface area contributed by atoms with Gasteiger partial charge in [0.1, 0.15) is 11.9 Å². The van der Waals surface area contributed by atoms with E-state index in [1.807, 2.05) is 0 Å². The van der Waals surface area contributed by atoms with Crippen LogP contribution in [0.2, 0.25) is 0 Å². The molecule has 5 aliphatic rings. The van der Waals surface area contributed by atoms with E-state index in [1.54, 1.807) is 5.57 Å². The van der Waals surface area contributed by atoms with E-state index in [2.05, 4.69) is 71.9 Å². The van der Waals surface area contributed by atoms with Crippen molar-refractivity contribution in [2.45, 2.75) is 188 Å². The van der Waals surface area contributed by atoms with Gasteiger partial charge in [0.25, 0.3) is 0 Å². The summed E-state index contributed by atoms with van der Waals surface area (Å²) in [6.45, 7) is 15.7. The van der Waals surface area contributed by atoms with Crippen LogP contribution in [0.3, 0.4) is 0 Å². The highest BCUT2D eigenvalue weighted by Crippen LogP contribution is 2.67. The fourth-order valence-electron chi connectivity index (χ4n) is 12.8. The van der Waals surface area contributed by atoms with Crippen molar-refractivity contribution in [3.8, 4) is 5.75 Å². The molecule has 4 saturated carbocycles. The SMILES string of the molecule is CCCC1CCC(c2ccc(OCCCCCC(=O)OC3CC[C@@]4(C)C(=CC[C@H]5[C@@H]6CC[C@H]([C@H](C)CCCC(C)C)[C@@]6(C)CC[C@@H]54)C3)cc2)CC1. The van der Waals surface area contributed by atoms with E-state index in [0.717, 1.165) is 85.2 Å². The first-order chi connectivity index (χ1) is 24.6. The summed E-state index contributed by atoms with van der Waals surface area (Å²) in [6.07, 6.45) is 28.7. The van der Waals surface area contributed by atoms with Crippen LogP contribution in [0, 0.1) is 52.3 Å². The number of hydrogen-bond acceptors (Lipinski definition) is 3. The lowest BCUT2D eigenvalue weighted by atomic mass is 9.47. The molecule has 51 heavy (non-hydrogen) atoms. The van der Waals surface area contributed by atoms with Crippen LogP contribution in [0.25, 0.3) is 0 Å². The number of carbonyl (C=O) groups excluding carboxylic acids is 1. The predicted molar refractivity (Wildman–Crippen MR) is 213 cm³/mol. The summed E-state index contributed by atoms with van der Waals surface area (Å²) in [6, 6.07) is 8.90. The smallest absolute Gasteiger partial charge is 0.306 e.